The molecule has 2 aromatic carbocycles. The fourth-order valence-electron chi connectivity index (χ4n) is 3.01. The van der Waals surface area contributed by atoms with E-state index in [1.54, 1.807) is 24.1 Å². The highest BCUT2D eigenvalue weighted by Gasteiger charge is 2.30. The second-order valence-electron chi connectivity index (χ2n) is 6.46. The lowest BCUT2D eigenvalue weighted by Gasteiger charge is -2.17. The first-order valence-electron chi connectivity index (χ1n) is 8.75. The Morgan fingerprint density at radius 2 is 1.85 bits per heavy atom. The number of benzene rings is 2. The number of halogens is 1. The Bertz CT molecular complexity index is 793. The van der Waals surface area contributed by atoms with Crippen LogP contribution < -0.4 is 20.3 Å². The van der Waals surface area contributed by atoms with Crippen LogP contribution in [0.2, 0.25) is 5.02 Å². The first-order valence-corrected chi connectivity index (χ1v) is 9.13. The van der Waals surface area contributed by atoms with Gasteiger partial charge in [0.25, 0.3) is 0 Å². The van der Waals surface area contributed by atoms with E-state index in [-0.39, 0.29) is 17.9 Å². The number of urea groups is 1. The minimum Gasteiger partial charge on any atom is -0.497 e. The summed E-state index contributed by atoms with van der Waals surface area (Å²) in [7, 11) is 1.61. The maximum absolute atomic E-state index is 12.2. The highest BCUT2D eigenvalue weighted by Crippen LogP contribution is 2.25. The molecule has 0 bridgehead atoms. The molecule has 142 valence electrons. The molecule has 2 aromatic rings. The van der Waals surface area contributed by atoms with Crippen LogP contribution in [0, 0.1) is 5.92 Å². The van der Waals surface area contributed by atoms with E-state index in [4.69, 9.17) is 16.3 Å². The number of anilines is 1. The number of hydrogen-bond acceptors (Lipinski definition) is 3. The second-order valence-corrected chi connectivity index (χ2v) is 6.90. The van der Waals surface area contributed by atoms with Gasteiger partial charge in [-0.3, -0.25) is 4.79 Å². The van der Waals surface area contributed by atoms with Gasteiger partial charge in [0.2, 0.25) is 5.91 Å². The largest absolute Gasteiger partial charge is 0.497 e. The van der Waals surface area contributed by atoms with Crippen LogP contribution in [-0.4, -0.2) is 32.1 Å². The SMILES string of the molecule is COc1ccc(CNC(=O)NC[C@H]2CC(=O)N(c3ccc(Cl)cc3)C2)cc1. The van der Waals surface area contributed by atoms with Crippen molar-refractivity contribution >= 4 is 29.2 Å². The molecule has 1 fully saturated rings. The molecular weight excluding hydrogens is 366 g/mol. The Morgan fingerprint density at radius 1 is 1.15 bits per heavy atom. The van der Waals surface area contributed by atoms with Crippen molar-refractivity contribution in [3.05, 3.63) is 59.1 Å². The van der Waals surface area contributed by atoms with Crippen LogP contribution in [0.15, 0.2) is 48.5 Å². The van der Waals surface area contributed by atoms with Crippen LogP contribution in [0.3, 0.4) is 0 Å². The molecule has 0 saturated carbocycles. The third-order valence-electron chi connectivity index (χ3n) is 4.51. The average Bonchev–Trinajstić information content (AvgIpc) is 3.06. The lowest BCUT2D eigenvalue weighted by atomic mass is 10.1. The van der Waals surface area contributed by atoms with Crippen LogP contribution in [0.4, 0.5) is 10.5 Å². The molecule has 7 heteroatoms. The fourth-order valence-corrected chi connectivity index (χ4v) is 3.14. The monoisotopic (exact) mass is 387 g/mol. The number of nitrogens with zero attached hydrogens (tertiary/aromatic N) is 1. The summed E-state index contributed by atoms with van der Waals surface area (Å²) in [6.07, 6.45) is 0.418. The third-order valence-corrected chi connectivity index (χ3v) is 4.76. The van der Waals surface area contributed by atoms with Gasteiger partial charge in [-0.25, -0.2) is 4.79 Å². The van der Waals surface area contributed by atoms with Gasteiger partial charge in [-0.05, 0) is 42.0 Å². The molecule has 2 N–H and O–H groups in total. The van der Waals surface area contributed by atoms with Crippen molar-refractivity contribution in [3.8, 4) is 5.75 Å². The smallest absolute Gasteiger partial charge is 0.315 e. The quantitative estimate of drug-likeness (QED) is 0.799. The molecule has 3 rings (SSSR count). The molecule has 1 atom stereocenters. The first kappa shape index (κ1) is 19.0. The van der Waals surface area contributed by atoms with Gasteiger partial charge in [0.15, 0.2) is 0 Å². The molecule has 0 unspecified atom stereocenters. The Balaban J connectivity index is 1.43. The van der Waals surface area contributed by atoms with Crippen molar-refractivity contribution in [3.63, 3.8) is 0 Å². The molecule has 0 spiro atoms. The van der Waals surface area contributed by atoms with Crippen molar-refractivity contribution in [2.24, 2.45) is 5.92 Å². The lowest BCUT2D eigenvalue weighted by Crippen LogP contribution is -2.38. The van der Waals surface area contributed by atoms with E-state index in [1.807, 2.05) is 36.4 Å². The summed E-state index contributed by atoms with van der Waals surface area (Å²) in [5.41, 5.74) is 1.81. The van der Waals surface area contributed by atoms with Gasteiger partial charge in [0.05, 0.1) is 7.11 Å². The standard InChI is InChI=1S/C20H22ClN3O3/c1-27-18-8-2-14(3-9-18)11-22-20(26)23-12-15-10-19(25)24(13-15)17-6-4-16(21)5-7-17/h2-9,15H,10-13H2,1H3,(H2,22,23,26)/t15-/m1/s1. The molecule has 1 aliphatic heterocycles. The van der Waals surface area contributed by atoms with Crippen LogP contribution in [0.1, 0.15) is 12.0 Å². The van der Waals surface area contributed by atoms with Gasteiger partial charge >= 0.3 is 6.03 Å². The van der Waals surface area contributed by atoms with Gasteiger partial charge in [-0.1, -0.05) is 23.7 Å². The van der Waals surface area contributed by atoms with Crippen LogP contribution in [0.5, 0.6) is 5.75 Å². The number of methoxy groups -OCH3 is 1. The molecule has 27 heavy (non-hydrogen) atoms. The van der Waals surface area contributed by atoms with Crippen molar-refractivity contribution < 1.29 is 14.3 Å². The number of carbonyl (C=O) groups excluding carboxylic acids is 2. The second kappa shape index (κ2) is 8.77. The van der Waals surface area contributed by atoms with Crippen molar-refractivity contribution in [2.75, 3.05) is 25.1 Å². The van der Waals surface area contributed by atoms with E-state index in [0.717, 1.165) is 17.0 Å². The first-order chi connectivity index (χ1) is 13.0. The summed E-state index contributed by atoms with van der Waals surface area (Å²) in [4.78, 5) is 26.0. The van der Waals surface area contributed by atoms with Crippen LogP contribution in [0.25, 0.3) is 0 Å². The summed E-state index contributed by atoms with van der Waals surface area (Å²) in [6, 6.07) is 14.5. The van der Waals surface area contributed by atoms with Gasteiger partial charge in [0, 0.05) is 42.7 Å². The maximum atomic E-state index is 12.2. The lowest BCUT2D eigenvalue weighted by molar-refractivity contribution is -0.117. The zero-order valence-corrected chi connectivity index (χ0v) is 15.8. The molecule has 0 aromatic heterocycles. The Hall–Kier alpha value is -2.73. The van der Waals surface area contributed by atoms with Gasteiger partial charge in [-0.15, -0.1) is 0 Å². The maximum Gasteiger partial charge on any atom is 0.315 e. The molecule has 1 saturated heterocycles. The van der Waals surface area contributed by atoms with Gasteiger partial charge in [0.1, 0.15) is 5.75 Å². The number of carbonyl (C=O) groups is 2. The van der Waals surface area contributed by atoms with E-state index in [2.05, 4.69) is 10.6 Å². The normalized spacial score (nSPS) is 16.3. The van der Waals surface area contributed by atoms with Crippen molar-refractivity contribution in [1.29, 1.82) is 0 Å². The van der Waals surface area contributed by atoms with E-state index < -0.39 is 0 Å². The van der Waals surface area contributed by atoms with E-state index >= 15 is 0 Å². The highest BCUT2D eigenvalue weighted by atomic mass is 35.5. The fraction of sp³-hybridized carbons (Fsp3) is 0.300. The number of hydrogen-bond donors (Lipinski definition) is 2. The molecule has 6 nitrogen and oxygen atoms in total. The average molecular weight is 388 g/mol. The van der Waals surface area contributed by atoms with Crippen molar-refractivity contribution in [1.82, 2.24) is 10.6 Å². The Labute approximate surface area is 163 Å². The number of nitrogens with one attached hydrogen (secondary N) is 2. The molecule has 0 aliphatic carbocycles. The zero-order valence-electron chi connectivity index (χ0n) is 15.1. The topological polar surface area (TPSA) is 70.7 Å². The molecular formula is C20H22ClN3O3. The Morgan fingerprint density at radius 3 is 2.52 bits per heavy atom. The van der Waals surface area contributed by atoms with Crippen molar-refractivity contribution in [2.45, 2.75) is 13.0 Å². The van der Waals surface area contributed by atoms with E-state index in [0.29, 0.717) is 31.1 Å². The summed E-state index contributed by atoms with van der Waals surface area (Å²) < 4.78 is 5.11. The minimum absolute atomic E-state index is 0.0581. The minimum atomic E-state index is -0.247. The van der Waals surface area contributed by atoms with E-state index in [9.17, 15) is 9.59 Å². The predicted molar refractivity (Wildman–Crippen MR) is 105 cm³/mol. The molecule has 1 heterocycles. The molecule has 0 radical (unpaired) electrons. The Kier molecular flexibility index (Phi) is 6.19. The number of ether oxygens (including phenoxy) is 1. The van der Waals surface area contributed by atoms with E-state index in [1.165, 1.54) is 0 Å². The van der Waals surface area contributed by atoms with Crippen LogP contribution >= 0.6 is 11.6 Å². The van der Waals surface area contributed by atoms with Crippen LogP contribution in [-0.2, 0) is 11.3 Å². The molecule has 1 aliphatic rings. The van der Waals surface area contributed by atoms with Gasteiger partial charge < -0.3 is 20.3 Å². The third kappa shape index (κ3) is 5.14. The highest BCUT2D eigenvalue weighted by molar-refractivity contribution is 6.30. The zero-order chi connectivity index (χ0) is 19.2. The number of amides is 3. The summed E-state index contributed by atoms with van der Waals surface area (Å²) in [5.74, 6) is 0.919. The number of rotatable bonds is 6. The van der Waals surface area contributed by atoms with Gasteiger partial charge in [-0.2, -0.15) is 0 Å². The summed E-state index contributed by atoms with van der Waals surface area (Å²) in [6.45, 7) is 1.46. The molecule has 3 amide bonds. The predicted octanol–water partition coefficient (Wildman–Crippen LogP) is 3.20. The summed E-state index contributed by atoms with van der Waals surface area (Å²) >= 11 is 5.89. The summed E-state index contributed by atoms with van der Waals surface area (Å²) in [5, 5.41) is 6.30.